The van der Waals surface area contributed by atoms with Crippen LogP contribution in [0.3, 0.4) is 0 Å². The zero-order valence-corrected chi connectivity index (χ0v) is 23.7. The third-order valence-electron chi connectivity index (χ3n) is 5.43. The molecule has 0 saturated heterocycles. The molecule has 4 rings (SSSR count). The topological polar surface area (TPSA) is 140 Å². The highest BCUT2D eigenvalue weighted by Crippen LogP contribution is 2.40. The maximum absolute atomic E-state index is 13.1. The Hall–Kier alpha value is -3.68. The fourth-order valence-electron chi connectivity index (χ4n) is 3.56. The molecular weight excluding hydrogens is 599 g/mol. The Morgan fingerprint density at radius 1 is 0.950 bits per heavy atom. The first-order valence-electron chi connectivity index (χ1n) is 11.7. The summed E-state index contributed by atoms with van der Waals surface area (Å²) in [5.41, 5.74) is 1.34. The van der Waals surface area contributed by atoms with E-state index in [1.165, 1.54) is 24.3 Å². The van der Waals surface area contributed by atoms with Gasteiger partial charge in [0.25, 0.3) is 15.7 Å². The second kappa shape index (κ2) is 13.1. The number of ether oxygens (including phenoxy) is 1. The van der Waals surface area contributed by atoms with Crippen molar-refractivity contribution in [3.05, 3.63) is 98.3 Å². The number of non-ortho nitro benzene ring substituents is 1. The zero-order chi connectivity index (χ0) is 28.7. The van der Waals surface area contributed by atoms with E-state index in [1.54, 1.807) is 53.9 Å². The van der Waals surface area contributed by atoms with Crippen molar-refractivity contribution in [3.63, 3.8) is 0 Å². The lowest BCUT2D eigenvalue weighted by atomic mass is 10.1. The zero-order valence-electron chi connectivity index (χ0n) is 20.6. The number of hydrogen-bond donors (Lipinski definition) is 3. The molecule has 2 amide bonds. The Morgan fingerprint density at radius 3 is 2.42 bits per heavy atom. The van der Waals surface area contributed by atoms with Gasteiger partial charge in [-0.15, -0.1) is 11.3 Å². The van der Waals surface area contributed by atoms with Gasteiger partial charge in [0.15, 0.2) is 0 Å². The summed E-state index contributed by atoms with van der Waals surface area (Å²) in [6.45, 7) is 0.271. The second-order valence-corrected chi connectivity index (χ2v) is 12.0. The first-order chi connectivity index (χ1) is 19.1. The van der Waals surface area contributed by atoms with Crippen LogP contribution in [0.1, 0.15) is 6.42 Å². The molecule has 0 radical (unpaired) electrons. The highest BCUT2D eigenvalue weighted by molar-refractivity contribution is 7.91. The summed E-state index contributed by atoms with van der Waals surface area (Å²) in [5, 5.41) is 18.3. The van der Waals surface area contributed by atoms with Crippen molar-refractivity contribution in [1.29, 1.82) is 0 Å². The molecule has 0 saturated carbocycles. The molecule has 1 aromatic heterocycles. The van der Waals surface area contributed by atoms with Gasteiger partial charge < -0.3 is 15.4 Å². The minimum atomic E-state index is -3.87. The largest absolute Gasteiger partial charge is 0.455 e. The number of thiophene rings is 1. The highest BCUT2D eigenvalue weighted by atomic mass is 35.5. The molecule has 0 aliphatic carbocycles. The van der Waals surface area contributed by atoms with E-state index in [0.29, 0.717) is 44.8 Å². The fourth-order valence-corrected chi connectivity index (χ4v) is 6.50. The molecule has 0 aliphatic heterocycles. The average molecular weight is 622 g/mol. The summed E-state index contributed by atoms with van der Waals surface area (Å²) in [6, 6.07) is 18.4. The van der Waals surface area contributed by atoms with Crippen LogP contribution >= 0.6 is 34.5 Å². The van der Waals surface area contributed by atoms with Crippen molar-refractivity contribution in [2.45, 2.75) is 10.6 Å². The number of benzene rings is 3. The number of nitro groups is 1. The second-order valence-electron chi connectivity index (χ2n) is 8.23. The average Bonchev–Trinajstić information content (AvgIpc) is 3.42. The Morgan fingerprint density at radius 2 is 1.70 bits per heavy atom. The number of nitrogens with zero attached hydrogens (tertiary/aromatic N) is 1. The van der Waals surface area contributed by atoms with Gasteiger partial charge in [-0.25, -0.2) is 17.9 Å². The lowest BCUT2D eigenvalue weighted by Gasteiger charge is -2.13. The van der Waals surface area contributed by atoms with Crippen LogP contribution < -0.4 is 20.1 Å². The Bertz CT molecular complexity index is 1630. The molecule has 10 nitrogen and oxygen atoms in total. The third-order valence-corrected chi connectivity index (χ3v) is 8.91. The van der Waals surface area contributed by atoms with Gasteiger partial charge in [-0.05, 0) is 54.3 Å². The van der Waals surface area contributed by atoms with Crippen molar-refractivity contribution < 1.29 is 22.9 Å². The van der Waals surface area contributed by atoms with Crippen molar-refractivity contribution in [3.8, 4) is 22.6 Å². The van der Waals surface area contributed by atoms with Crippen LogP contribution in [0.15, 0.2) is 82.4 Å². The summed E-state index contributed by atoms with van der Waals surface area (Å²) in [4.78, 5) is 22.2. The van der Waals surface area contributed by atoms with Gasteiger partial charge >= 0.3 is 6.03 Å². The van der Waals surface area contributed by atoms with Crippen molar-refractivity contribution >= 4 is 62.0 Å². The van der Waals surface area contributed by atoms with Crippen LogP contribution in [-0.4, -0.2) is 32.5 Å². The number of para-hydroxylation sites is 1. The van der Waals surface area contributed by atoms with E-state index >= 15 is 0 Å². The van der Waals surface area contributed by atoms with Crippen molar-refractivity contribution in [2.24, 2.45) is 0 Å². The summed E-state index contributed by atoms with van der Waals surface area (Å²) in [5.74, 6) is 0.797. The number of anilines is 1. The number of carbonyl (C=O) groups is 1. The number of urea groups is 1. The molecule has 0 fully saturated rings. The molecule has 3 aromatic carbocycles. The predicted molar refractivity (Wildman–Crippen MR) is 156 cm³/mol. The van der Waals surface area contributed by atoms with E-state index in [-0.39, 0.29) is 23.0 Å². The molecule has 1 heterocycles. The van der Waals surface area contributed by atoms with E-state index in [2.05, 4.69) is 15.4 Å². The quantitative estimate of drug-likeness (QED) is 0.0945. The number of amides is 2. The van der Waals surface area contributed by atoms with Gasteiger partial charge in [-0.3, -0.25) is 10.1 Å². The van der Waals surface area contributed by atoms with Crippen LogP contribution in [0.25, 0.3) is 11.1 Å². The summed E-state index contributed by atoms with van der Waals surface area (Å²) in [6.07, 6.45) is 0.322. The number of carbonyl (C=O) groups excluding carboxylic acids is 1. The molecule has 3 N–H and O–H groups in total. The van der Waals surface area contributed by atoms with Gasteiger partial charge in [0.05, 0.1) is 9.95 Å². The summed E-state index contributed by atoms with van der Waals surface area (Å²) < 4.78 is 35.0. The standard InChI is InChI=1S/C26H22Cl2N4O6S2/c27-17-6-11-24(22(28)16-17)38-23-5-2-1-4-20(23)21-12-15-39-25(21)40(36,37)30-14-3-13-29-26(33)31-18-7-9-19(10-8-18)32(34)35/h1-2,4-12,15-16,30H,3,13-14H2,(H2,29,31,33). The van der Waals surface area contributed by atoms with E-state index < -0.39 is 21.0 Å². The minimum Gasteiger partial charge on any atom is -0.455 e. The van der Waals surface area contributed by atoms with Gasteiger partial charge in [0.1, 0.15) is 15.7 Å². The molecule has 0 spiro atoms. The number of nitro benzene ring substituents is 1. The molecule has 0 atom stereocenters. The van der Waals surface area contributed by atoms with E-state index in [9.17, 15) is 23.3 Å². The fraction of sp³-hybridized carbons (Fsp3) is 0.115. The smallest absolute Gasteiger partial charge is 0.319 e. The maximum Gasteiger partial charge on any atom is 0.319 e. The predicted octanol–water partition coefficient (Wildman–Crippen LogP) is 6.91. The van der Waals surface area contributed by atoms with Crippen LogP contribution in [0.4, 0.5) is 16.2 Å². The van der Waals surface area contributed by atoms with Crippen LogP contribution in [0, 0.1) is 10.1 Å². The van der Waals surface area contributed by atoms with Gasteiger partial charge in [0, 0.05) is 47.1 Å². The molecule has 0 bridgehead atoms. The van der Waals surface area contributed by atoms with Crippen molar-refractivity contribution in [1.82, 2.24) is 10.0 Å². The van der Waals surface area contributed by atoms with E-state index in [1.807, 2.05) is 0 Å². The Kier molecular flexibility index (Phi) is 9.61. The number of nitrogens with one attached hydrogen (secondary N) is 3. The Balaban J connectivity index is 1.34. The molecule has 208 valence electrons. The molecule has 0 unspecified atom stereocenters. The van der Waals surface area contributed by atoms with Gasteiger partial charge in [-0.2, -0.15) is 0 Å². The van der Waals surface area contributed by atoms with Crippen molar-refractivity contribution in [2.75, 3.05) is 18.4 Å². The SMILES string of the molecule is O=C(NCCCNS(=O)(=O)c1sccc1-c1ccccc1Oc1ccc(Cl)cc1Cl)Nc1ccc([N+](=O)[O-])cc1. The normalized spacial score (nSPS) is 11.2. The minimum absolute atomic E-state index is 0.0794. The lowest BCUT2D eigenvalue weighted by molar-refractivity contribution is -0.384. The third kappa shape index (κ3) is 7.49. The monoisotopic (exact) mass is 620 g/mol. The highest BCUT2D eigenvalue weighted by Gasteiger charge is 2.23. The molecular formula is C26H22Cl2N4O6S2. The maximum atomic E-state index is 13.1. The first-order valence-corrected chi connectivity index (χ1v) is 14.8. The van der Waals surface area contributed by atoms with Gasteiger partial charge in [0.2, 0.25) is 0 Å². The molecule has 0 aliphatic rings. The first kappa shape index (κ1) is 29.3. The van der Waals surface area contributed by atoms with Crippen LogP contribution in [0.5, 0.6) is 11.5 Å². The van der Waals surface area contributed by atoms with Crippen LogP contribution in [0.2, 0.25) is 10.0 Å². The number of sulfonamides is 1. The summed E-state index contributed by atoms with van der Waals surface area (Å²) in [7, 11) is -3.87. The van der Waals surface area contributed by atoms with Crippen LogP contribution in [-0.2, 0) is 10.0 Å². The lowest BCUT2D eigenvalue weighted by Crippen LogP contribution is -2.32. The Labute approximate surface area is 244 Å². The number of rotatable bonds is 11. The summed E-state index contributed by atoms with van der Waals surface area (Å²) >= 11 is 13.3. The van der Waals surface area contributed by atoms with E-state index in [0.717, 1.165) is 11.3 Å². The molecule has 14 heteroatoms. The number of hydrogen-bond acceptors (Lipinski definition) is 7. The van der Waals surface area contributed by atoms with Gasteiger partial charge in [-0.1, -0.05) is 41.4 Å². The molecule has 40 heavy (non-hydrogen) atoms. The number of halogens is 2. The van der Waals surface area contributed by atoms with E-state index in [4.69, 9.17) is 27.9 Å². The molecule has 4 aromatic rings.